The van der Waals surface area contributed by atoms with Gasteiger partial charge in [0.15, 0.2) is 0 Å². The number of nitrogens with zero attached hydrogens (tertiary/aromatic N) is 1. The van der Waals surface area contributed by atoms with E-state index < -0.39 is 0 Å². The second-order valence-electron chi connectivity index (χ2n) is 2.62. The number of hydrogen-bond donors (Lipinski definition) is 0. The second kappa shape index (κ2) is 5.72. The molecule has 1 heteroatoms. The number of rotatable bonds is 1. The van der Waals surface area contributed by atoms with Crippen molar-refractivity contribution >= 4 is 0 Å². The maximum Gasteiger partial charge on any atom is 0.00672 e. The van der Waals surface area contributed by atoms with E-state index in [0.717, 1.165) is 6.04 Å². The van der Waals surface area contributed by atoms with Crippen LogP contribution in [0.15, 0.2) is 0 Å². The Kier molecular flexibility index (Phi) is 5.70. The minimum absolute atomic E-state index is 0.861. The molecule has 0 aromatic heterocycles. The van der Waals surface area contributed by atoms with Crippen LogP contribution in [-0.2, 0) is 0 Å². The van der Waals surface area contributed by atoms with E-state index in [2.05, 4.69) is 18.7 Å². The predicted octanol–water partition coefficient (Wildman–Crippen LogP) is 2.52. The topological polar surface area (TPSA) is 3.24 Å². The molecule has 1 fully saturated rings. The molecule has 1 rings (SSSR count). The van der Waals surface area contributed by atoms with Crippen LogP contribution < -0.4 is 0 Å². The lowest BCUT2D eigenvalue weighted by Gasteiger charge is -2.17. The molecular formula is C9H21N. The van der Waals surface area contributed by atoms with E-state index in [9.17, 15) is 0 Å². The molecule has 0 saturated carbocycles. The van der Waals surface area contributed by atoms with Crippen LogP contribution in [0.5, 0.6) is 0 Å². The molecule has 1 aliphatic heterocycles. The zero-order valence-corrected chi connectivity index (χ0v) is 7.85. The molecule has 1 saturated heterocycles. The maximum absolute atomic E-state index is 2.53. The zero-order valence-electron chi connectivity index (χ0n) is 7.85. The van der Waals surface area contributed by atoms with E-state index in [1.807, 2.05) is 13.8 Å². The molecule has 0 aromatic carbocycles. The number of likely N-dealkylation sites (tertiary alicyclic amines) is 1. The van der Waals surface area contributed by atoms with Gasteiger partial charge in [0.05, 0.1) is 0 Å². The molecule has 0 bridgehead atoms. The molecule has 0 spiro atoms. The minimum Gasteiger partial charge on any atom is -0.301 e. The summed E-state index contributed by atoms with van der Waals surface area (Å²) in [6.45, 7) is 11.1. The van der Waals surface area contributed by atoms with Crippen LogP contribution in [0.3, 0.4) is 0 Å². The molecular weight excluding hydrogens is 122 g/mol. The molecule has 1 nitrogen and oxygen atoms in total. The zero-order chi connectivity index (χ0) is 7.98. The van der Waals surface area contributed by atoms with Gasteiger partial charge < -0.3 is 4.90 Å². The highest BCUT2D eigenvalue weighted by atomic mass is 15.2. The van der Waals surface area contributed by atoms with Gasteiger partial charge in [0.25, 0.3) is 0 Å². The highest BCUT2D eigenvalue weighted by Crippen LogP contribution is 2.14. The Morgan fingerprint density at radius 2 is 2.00 bits per heavy atom. The fourth-order valence-electron chi connectivity index (χ4n) is 1.46. The fourth-order valence-corrected chi connectivity index (χ4v) is 1.46. The fraction of sp³-hybridized carbons (Fsp3) is 1.00. The first-order valence-corrected chi connectivity index (χ1v) is 4.58. The van der Waals surface area contributed by atoms with Gasteiger partial charge in [0.2, 0.25) is 0 Å². The van der Waals surface area contributed by atoms with Gasteiger partial charge in [0.1, 0.15) is 0 Å². The third-order valence-corrected chi connectivity index (χ3v) is 2.10. The van der Waals surface area contributed by atoms with E-state index in [4.69, 9.17) is 0 Å². The highest BCUT2D eigenvalue weighted by molar-refractivity contribution is 4.72. The largest absolute Gasteiger partial charge is 0.301 e. The average Bonchev–Trinajstić information content (AvgIpc) is 2.39. The van der Waals surface area contributed by atoms with Crippen LogP contribution in [0.25, 0.3) is 0 Å². The van der Waals surface area contributed by atoms with Gasteiger partial charge in [-0.15, -0.1) is 0 Å². The Morgan fingerprint density at radius 1 is 1.40 bits per heavy atom. The second-order valence-corrected chi connectivity index (χ2v) is 2.62. The quantitative estimate of drug-likeness (QED) is 0.545. The molecule has 1 aliphatic rings. The van der Waals surface area contributed by atoms with Crippen molar-refractivity contribution in [3.63, 3.8) is 0 Å². The van der Waals surface area contributed by atoms with Gasteiger partial charge in [-0.2, -0.15) is 0 Å². The highest BCUT2D eigenvalue weighted by Gasteiger charge is 2.16. The van der Waals surface area contributed by atoms with Gasteiger partial charge in [-0.25, -0.2) is 0 Å². The van der Waals surface area contributed by atoms with Crippen LogP contribution in [0.4, 0.5) is 0 Å². The van der Waals surface area contributed by atoms with Crippen LogP contribution >= 0.6 is 0 Å². The summed E-state index contributed by atoms with van der Waals surface area (Å²) in [6.07, 6.45) is 2.82. The molecule has 62 valence electrons. The summed E-state index contributed by atoms with van der Waals surface area (Å²) in [5.41, 5.74) is 0. The van der Waals surface area contributed by atoms with Crippen molar-refractivity contribution in [2.24, 2.45) is 0 Å². The van der Waals surface area contributed by atoms with E-state index >= 15 is 0 Å². The maximum atomic E-state index is 2.53. The van der Waals surface area contributed by atoms with E-state index in [1.165, 1.54) is 25.9 Å². The Labute approximate surface area is 65.4 Å². The summed E-state index contributed by atoms with van der Waals surface area (Å²) in [6, 6.07) is 0.861. The monoisotopic (exact) mass is 143 g/mol. The van der Waals surface area contributed by atoms with E-state index in [-0.39, 0.29) is 0 Å². The lowest BCUT2D eigenvalue weighted by molar-refractivity contribution is 0.284. The summed E-state index contributed by atoms with van der Waals surface area (Å²) in [7, 11) is 0. The van der Waals surface area contributed by atoms with Crippen LogP contribution in [-0.4, -0.2) is 24.0 Å². The molecule has 0 aromatic rings. The molecule has 0 unspecified atom stereocenters. The predicted molar refractivity (Wildman–Crippen MR) is 47.3 cm³/mol. The summed E-state index contributed by atoms with van der Waals surface area (Å²) in [5.74, 6) is 0. The molecule has 0 N–H and O–H groups in total. The molecule has 0 aliphatic carbocycles. The lowest BCUT2D eigenvalue weighted by atomic mass is 10.2. The van der Waals surface area contributed by atoms with Crippen molar-refractivity contribution in [2.75, 3.05) is 13.1 Å². The average molecular weight is 143 g/mol. The first-order valence-electron chi connectivity index (χ1n) is 4.58. The Morgan fingerprint density at radius 3 is 2.20 bits per heavy atom. The van der Waals surface area contributed by atoms with Gasteiger partial charge in [-0.1, -0.05) is 20.8 Å². The first kappa shape index (κ1) is 9.96. The Hall–Kier alpha value is -0.0400. The van der Waals surface area contributed by atoms with Crippen LogP contribution in [0, 0.1) is 0 Å². The smallest absolute Gasteiger partial charge is 0.00672 e. The van der Waals surface area contributed by atoms with Crippen LogP contribution in [0.2, 0.25) is 0 Å². The third-order valence-electron chi connectivity index (χ3n) is 2.10. The summed E-state index contributed by atoms with van der Waals surface area (Å²) >= 11 is 0. The Balaban J connectivity index is 0.000000371. The van der Waals surface area contributed by atoms with E-state index in [1.54, 1.807) is 0 Å². The van der Waals surface area contributed by atoms with Crippen molar-refractivity contribution in [1.29, 1.82) is 0 Å². The molecule has 0 amide bonds. The van der Waals surface area contributed by atoms with Crippen molar-refractivity contribution in [3.05, 3.63) is 0 Å². The SMILES string of the molecule is CC.CCN1CCC[C@@H]1C. The van der Waals surface area contributed by atoms with Crippen molar-refractivity contribution in [3.8, 4) is 0 Å². The standard InChI is InChI=1S/C7H15N.C2H6/c1-3-8-6-4-5-7(8)2;1-2/h7H,3-6H2,1-2H3;1-2H3/t7-;/m0./s1. The summed E-state index contributed by atoms with van der Waals surface area (Å²) in [4.78, 5) is 2.53. The van der Waals surface area contributed by atoms with Crippen molar-refractivity contribution < 1.29 is 0 Å². The summed E-state index contributed by atoms with van der Waals surface area (Å²) in [5, 5.41) is 0. The number of hydrogen-bond acceptors (Lipinski definition) is 1. The molecule has 1 atom stereocenters. The third kappa shape index (κ3) is 2.70. The normalized spacial score (nSPS) is 25.8. The lowest BCUT2D eigenvalue weighted by Crippen LogP contribution is -2.25. The van der Waals surface area contributed by atoms with Gasteiger partial charge in [-0.3, -0.25) is 0 Å². The first-order chi connectivity index (χ1) is 4.84. The molecule has 10 heavy (non-hydrogen) atoms. The molecule has 1 heterocycles. The van der Waals surface area contributed by atoms with Crippen molar-refractivity contribution in [2.45, 2.75) is 46.6 Å². The van der Waals surface area contributed by atoms with Crippen LogP contribution in [0.1, 0.15) is 40.5 Å². The minimum atomic E-state index is 0.861. The van der Waals surface area contributed by atoms with E-state index in [0.29, 0.717) is 0 Å². The van der Waals surface area contributed by atoms with Crippen molar-refractivity contribution in [1.82, 2.24) is 4.90 Å². The summed E-state index contributed by atoms with van der Waals surface area (Å²) < 4.78 is 0. The van der Waals surface area contributed by atoms with Gasteiger partial charge in [-0.05, 0) is 32.9 Å². The molecule has 0 radical (unpaired) electrons. The van der Waals surface area contributed by atoms with Gasteiger partial charge in [0, 0.05) is 6.04 Å². The Bertz CT molecular complexity index is 71.1. The van der Waals surface area contributed by atoms with Gasteiger partial charge >= 0.3 is 0 Å².